The first-order valence-electron chi connectivity index (χ1n) is 9.43. The van der Waals surface area contributed by atoms with E-state index in [2.05, 4.69) is 10.4 Å². The molecule has 1 aliphatic heterocycles. The van der Waals surface area contributed by atoms with Gasteiger partial charge < -0.3 is 15.3 Å². The van der Waals surface area contributed by atoms with Crippen LogP contribution in [0.15, 0.2) is 18.5 Å². The highest BCUT2D eigenvalue weighted by atomic mass is 19.1. The molecule has 1 saturated heterocycles. The van der Waals surface area contributed by atoms with Crippen molar-refractivity contribution in [2.75, 3.05) is 31.1 Å². The quantitative estimate of drug-likeness (QED) is 0.859. The third-order valence-corrected chi connectivity index (χ3v) is 5.92. The molecule has 3 heterocycles. The lowest BCUT2D eigenvalue weighted by Crippen LogP contribution is -2.38. The first kappa shape index (κ1) is 17.3. The number of rotatable bonds is 5. The number of aromatic nitrogens is 2. The molecule has 1 aliphatic carbocycles. The number of hydrogen-bond acceptors (Lipinski definition) is 4. The van der Waals surface area contributed by atoms with Gasteiger partial charge in [-0.25, -0.2) is 8.91 Å². The fourth-order valence-corrected chi connectivity index (χ4v) is 4.28. The summed E-state index contributed by atoms with van der Waals surface area (Å²) in [5.41, 5.74) is 0.760. The molecule has 0 spiro atoms. The van der Waals surface area contributed by atoms with Crippen molar-refractivity contribution in [3.63, 3.8) is 0 Å². The number of nitrogens with zero attached hydrogens (tertiary/aromatic N) is 3. The average molecular weight is 360 g/mol. The summed E-state index contributed by atoms with van der Waals surface area (Å²) in [6.07, 6.45) is 9.19. The number of anilines is 1. The second kappa shape index (κ2) is 6.87. The van der Waals surface area contributed by atoms with Crippen molar-refractivity contribution in [1.82, 2.24) is 14.9 Å². The maximum atomic E-state index is 15.1. The van der Waals surface area contributed by atoms with Gasteiger partial charge in [-0.1, -0.05) is 12.8 Å². The summed E-state index contributed by atoms with van der Waals surface area (Å²) in [5, 5.41) is 16.7. The molecule has 0 aromatic carbocycles. The molecule has 140 valence electrons. The van der Waals surface area contributed by atoms with E-state index in [0.717, 1.165) is 51.6 Å². The third-order valence-electron chi connectivity index (χ3n) is 5.92. The van der Waals surface area contributed by atoms with Crippen molar-refractivity contribution >= 4 is 17.1 Å². The highest BCUT2D eigenvalue weighted by molar-refractivity contribution is 6.01. The highest BCUT2D eigenvalue weighted by Crippen LogP contribution is 2.37. The number of hydrogen-bond donors (Lipinski definition) is 2. The van der Waals surface area contributed by atoms with Crippen LogP contribution in [0.3, 0.4) is 0 Å². The molecule has 1 saturated carbocycles. The summed E-state index contributed by atoms with van der Waals surface area (Å²) >= 11 is 0. The Kier molecular flexibility index (Phi) is 4.56. The molecule has 1 amide bonds. The Morgan fingerprint density at radius 2 is 2.00 bits per heavy atom. The topological polar surface area (TPSA) is 69.9 Å². The fourth-order valence-electron chi connectivity index (χ4n) is 4.28. The minimum atomic E-state index is -0.394. The molecule has 0 bridgehead atoms. The van der Waals surface area contributed by atoms with Crippen LogP contribution in [0, 0.1) is 11.2 Å². The van der Waals surface area contributed by atoms with Crippen molar-refractivity contribution in [2.24, 2.45) is 5.41 Å². The predicted molar refractivity (Wildman–Crippen MR) is 96.9 cm³/mol. The van der Waals surface area contributed by atoms with Gasteiger partial charge in [0, 0.05) is 31.2 Å². The van der Waals surface area contributed by atoms with Crippen molar-refractivity contribution in [3.8, 4) is 0 Å². The maximum absolute atomic E-state index is 15.1. The minimum absolute atomic E-state index is 0.0650. The molecule has 2 aromatic heterocycles. The third kappa shape index (κ3) is 2.94. The molecule has 2 aromatic rings. The van der Waals surface area contributed by atoms with Crippen molar-refractivity contribution < 1.29 is 14.3 Å². The smallest absolute Gasteiger partial charge is 0.255 e. The number of pyridine rings is 1. The molecular formula is C19H25FN4O2. The Labute approximate surface area is 152 Å². The normalized spacial score (nSPS) is 19.4. The largest absolute Gasteiger partial charge is 0.396 e. The lowest BCUT2D eigenvalue weighted by molar-refractivity contribution is 0.0882. The summed E-state index contributed by atoms with van der Waals surface area (Å²) in [6.45, 7) is 2.15. The summed E-state index contributed by atoms with van der Waals surface area (Å²) in [6, 6.07) is 1.72. The second-order valence-electron chi connectivity index (χ2n) is 7.61. The highest BCUT2D eigenvalue weighted by Gasteiger charge is 2.34. The van der Waals surface area contributed by atoms with Crippen LogP contribution in [0.2, 0.25) is 0 Å². The first-order chi connectivity index (χ1) is 12.6. The summed E-state index contributed by atoms with van der Waals surface area (Å²) in [7, 11) is 0. The Balaban J connectivity index is 1.59. The maximum Gasteiger partial charge on any atom is 0.255 e. The van der Waals surface area contributed by atoms with E-state index < -0.39 is 5.82 Å². The van der Waals surface area contributed by atoms with Crippen LogP contribution >= 0.6 is 0 Å². The number of carbonyl (C=O) groups excluding carboxylic acids is 1. The Morgan fingerprint density at radius 3 is 2.69 bits per heavy atom. The monoisotopic (exact) mass is 360 g/mol. The van der Waals surface area contributed by atoms with Crippen LogP contribution in [0.4, 0.5) is 10.1 Å². The lowest BCUT2D eigenvalue weighted by atomic mass is 9.87. The predicted octanol–water partition coefficient (Wildman–Crippen LogP) is 2.36. The van der Waals surface area contributed by atoms with Gasteiger partial charge in [-0.15, -0.1) is 0 Å². The zero-order chi connectivity index (χ0) is 18.1. The number of carbonyl (C=O) groups is 1. The van der Waals surface area contributed by atoms with E-state index in [0.29, 0.717) is 12.2 Å². The lowest BCUT2D eigenvalue weighted by Gasteiger charge is -2.26. The first-order valence-corrected chi connectivity index (χ1v) is 9.43. The van der Waals surface area contributed by atoms with Crippen molar-refractivity contribution in [1.29, 1.82) is 0 Å². The summed E-state index contributed by atoms with van der Waals surface area (Å²) < 4.78 is 16.6. The van der Waals surface area contributed by atoms with Gasteiger partial charge in [0.2, 0.25) is 0 Å². The zero-order valence-corrected chi connectivity index (χ0v) is 14.9. The zero-order valence-electron chi connectivity index (χ0n) is 14.9. The Morgan fingerprint density at radius 1 is 1.27 bits per heavy atom. The molecule has 7 heteroatoms. The number of amides is 1. The molecule has 0 atom stereocenters. The molecule has 2 fully saturated rings. The van der Waals surface area contributed by atoms with Gasteiger partial charge in [0.25, 0.3) is 5.91 Å². The van der Waals surface area contributed by atoms with Gasteiger partial charge in [0.1, 0.15) is 5.52 Å². The van der Waals surface area contributed by atoms with E-state index in [1.807, 2.05) is 4.90 Å². The van der Waals surface area contributed by atoms with Crippen LogP contribution in [-0.2, 0) is 0 Å². The van der Waals surface area contributed by atoms with Crippen LogP contribution in [0.5, 0.6) is 0 Å². The van der Waals surface area contributed by atoms with E-state index in [4.69, 9.17) is 0 Å². The molecule has 0 unspecified atom stereocenters. The molecule has 26 heavy (non-hydrogen) atoms. The van der Waals surface area contributed by atoms with Crippen molar-refractivity contribution in [3.05, 3.63) is 29.8 Å². The van der Waals surface area contributed by atoms with E-state index in [-0.39, 0.29) is 29.0 Å². The summed E-state index contributed by atoms with van der Waals surface area (Å²) in [4.78, 5) is 14.7. The number of halogens is 1. The van der Waals surface area contributed by atoms with E-state index >= 15 is 4.39 Å². The fraction of sp³-hybridized carbons (Fsp3) is 0.579. The van der Waals surface area contributed by atoms with Crippen LogP contribution in [0.1, 0.15) is 48.9 Å². The van der Waals surface area contributed by atoms with Gasteiger partial charge in [0.15, 0.2) is 5.82 Å². The molecule has 2 aliphatic rings. The van der Waals surface area contributed by atoms with Gasteiger partial charge in [0.05, 0.1) is 24.1 Å². The van der Waals surface area contributed by atoms with Gasteiger partial charge in [-0.05, 0) is 31.7 Å². The van der Waals surface area contributed by atoms with Crippen LogP contribution in [-0.4, -0.2) is 46.9 Å². The molecule has 6 nitrogen and oxygen atoms in total. The second-order valence-corrected chi connectivity index (χ2v) is 7.61. The van der Waals surface area contributed by atoms with Gasteiger partial charge in [-0.2, -0.15) is 5.10 Å². The van der Waals surface area contributed by atoms with Crippen LogP contribution < -0.4 is 10.2 Å². The van der Waals surface area contributed by atoms with Crippen LogP contribution in [0.25, 0.3) is 5.52 Å². The molecular weight excluding hydrogens is 335 g/mol. The number of nitrogens with one attached hydrogen (secondary N) is 1. The average Bonchev–Trinajstić information content (AvgIpc) is 3.40. The van der Waals surface area contributed by atoms with E-state index in [9.17, 15) is 9.90 Å². The number of aliphatic hydroxyl groups is 1. The van der Waals surface area contributed by atoms with E-state index in [1.54, 1.807) is 12.3 Å². The minimum Gasteiger partial charge on any atom is -0.396 e. The number of aliphatic hydroxyl groups excluding tert-OH is 1. The SMILES string of the molecule is O=C(NCC1(CO)CCCC1)c1cnn2ccc(N3CCCC3)c(F)c12. The standard InChI is InChI=1S/C19H25FN4O2/c20-16-15(23-8-3-4-9-23)5-10-24-17(16)14(11-22-24)18(26)21-12-19(13-25)6-1-2-7-19/h5,10-11,25H,1-4,6-9,12-13H2,(H,21,26). The van der Waals surface area contributed by atoms with Gasteiger partial charge in [-0.3, -0.25) is 4.79 Å². The number of fused-ring (bicyclic) bond motifs is 1. The summed E-state index contributed by atoms with van der Waals surface area (Å²) in [5.74, 6) is -0.730. The molecule has 2 N–H and O–H groups in total. The Hall–Kier alpha value is -2.15. The molecule has 0 radical (unpaired) electrons. The van der Waals surface area contributed by atoms with E-state index in [1.165, 1.54) is 10.7 Å². The Bertz CT molecular complexity index is 807. The van der Waals surface area contributed by atoms with Gasteiger partial charge >= 0.3 is 0 Å². The van der Waals surface area contributed by atoms with Crippen molar-refractivity contribution in [2.45, 2.75) is 38.5 Å². The molecule has 4 rings (SSSR count).